The Bertz CT molecular complexity index is 359. The summed E-state index contributed by atoms with van der Waals surface area (Å²) in [4.78, 5) is 0. The van der Waals surface area contributed by atoms with E-state index in [0.29, 0.717) is 11.3 Å². The molecule has 1 unspecified atom stereocenters. The van der Waals surface area contributed by atoms with Gasteiger partial charge >= 0.3 is 6.18 Å². The average molecular weight is 235 g/mol. The summed E-state index contributed by atoms with van der Waals surface area (Å²) in [7, 11) is 0. The van der Waals surface area contributed by atoms with Crippen molar-refractivity contribution in [2.45, 2.75) is 32.5 Å². The van der Waals surface area contributed by atoms with E-state index in [1.165, 1.54) is 25.1 Å². The van der Waals surface area contributed by atoms with Gasteiger partial charge in [0.1, 0.15) is 5.82 Å². The summed E-state index contributed by atoms with van der Waals surface area (Å²) in [5.41, 5.74) is 0.903. The second kappa shape index (κ2) is 4.72. The van der Waals surface area contributed by atoms with Crippen LogP contribution in [0.2, 0.25) is 0 Å². The number of hydrogen-bond acceptors (Lipinski definition) is 1. The summed E-state index contributed by atoms with van der Waals surface area (Å²) in [6.45, 7) is 3.00. The quantitative estimate of drug-likeness (QED) is 0.784. The van der Waals surface area contributed by atoms with Gasteiger partial charge in [-0.25, -0.2) is 4.39 Å². The molecule has 0 aliphatic carbocycles. The third-order valence-corrected chi connectivity index (χ3v) is 2.11. The Kier molecular flexibility index (Phi) is 3.78. The van der Waals surface area contributed by atoms with E-state index in [9.17, 15) is 17.6 Å². The third-order valence-electron chi connectivity index (χ3n) is 2.11. The lowest BCUT2D eigenvalue weighted by atomic mass is 10.1. The Labute approximate surface area is 91.5 Å². The van der Waals surface area contributed by atoms with Crippen molar-refractivity contribution in [1.82, 2.24) is 0 Å². The zero-order valence-electron chi connectivity index (χ0n) is 9.03. The Morgan fingerprint density at radius 1 is 1.31 bits per heavy atom. The van der Waals surface area contributed by atoms with E-state index in [-0.39, 0.29) is 5.82 Å². The fourth-order valence-electron chi connectivity index (χ4n) is 1.42. The molecule has 0 saturated heterocycles. The van der Waals surface area contributed by atoms with Gasteiger partial charge < -0.3 is 5.32 Å². The number of halogens is 4. The Hall–Kier alpha value is -1.26. The van der Waals surface area contributed by atoms with Crippen LogP contribution in [0.4, 0.5) is 23.2 Å². The number of anilines is 1. The number of benzene rings is 1. The van der Waals surface area contributed by atoms with Gasteiger partial charge in [0, 0.05) is 11.7 Å². The van der Waals surface area contributed by atoms with E-state index in [2.05, 4.69) is 5.32 Å². The van der Waals surface area contributed by atoms with Crippen LogP contribution in [0.25, 0.3) is 0 Å². The van der Waals surface area contributed by atoms with Crippen molar-refractivity contribution in [3.05, 3.63) is 29.6 Å². The maximum atomic E-state index is 12.9. The van der Waals surface area contributed by atoms with Crippen molar-refractivity contribution in [3.63, 3.8) is 0 Å². The van der Waals surface area contributed by atoms with E-state index in [0.717, 1.165) is 0 Å². The van der Waals surface area contributed by atoms with E-state index >= 15 is 0 Å². The minimum Gasteiger partial charge on any atom is -0.382 e. The van der Waals surface area contributed by atoms with Gasteiger partial charge in [0.25, 0.3) is 0 Å². The smallest absolute Gasteiger partial charge is 0.382 e. The molecule has 1 N–H and O–H groups in total. The molecule has 0 radical (unpaired) electrons. The molecule has 0 amide bonds. The molecule has 90 valence electrons. The van der Waals surface area contributed by atoms with Gasteiger partial charge in [-0.05, 0) is 37.6 Å². The molecule has 0 heterocycles. The minimum absolute atomic E-state index is 0.367. The summed E-state index contributed by atoms with van der Waals surface area (Å²) < 4.78 is 49.1. The van der Waals surface area contributed by atoms with Crippen LogP contribution in [-0.2, 0) is 0 Å². The molecular formula is C11H13F4N. The molecule has 1 aromatic rings. The van der Waals surface area contributed by atoms with Gasteiger partial charge in [-0.3, -0.25) is 0 Å². The van der Waals surface area contributed by atoms with Crippen molar-refractivity contribution < 1.29 is 17.6 Å². The largest absolute Gasteiger partial charge is 0.391 e. The summed E-state index contributed by atoms with van der Waals surface area (Å²) in [5.74, 6) is -0.367. The zero-order valence-corrected chi connectivity index (χ0v) is 9.03. The van der Waals surface area contributed by atoms with Crippen LogP contribution in [0.15, 0.2) is 18.2 Å². The zero-order chi connectivity index (χ0) is 12.3. The molecule has 1 aromatic carbocycles. The van der Waals surface area contributed by atoms with Crippen LogP contribution in [0.5, 0.6) is 0 Å². The van der Waals surface area contributed by atoms with E-state index < -0.39 is 18.6 Å². The first-order valence-corrected chi connectivity index (χ1v) is 4.87. The predicted molar refractivity (Wildman–Crippen MR) is 54.9 cm³/mol. The van der Waals surface area contributed by atoms with Gasteiger partial charge in [-0.15, -0.1) is 0 Å². The molecule has 0 bridgehead atoms. The minimum atomic E-state index is -4.19. The van der Waals surface area contributed by atoms with Crippen LogP contribution >= 0.6 is 0 Å². The summed E-state index contributed by atoms with van der Waals surface area (Å²) >= 11 is 0. The van der Waals surface area contributed by atoms with Gasteiger partial charge in [0.2, 0.25) is 0 Å². The molecule has 16 heavy (non-hydrogen) atoms. The fraction of sp³-hybridized carbons (Fsp3) is 0.455. The second-order valence-corrected chi connectivity index (χ2v) is 3.83. The molecule has 0 fully saturated rings. The van der Waals surface area contributed by atoms with Crippen LogP contribution in [0.1, 0.15) is 18.9 Å². The Morgan fingerprint density at radius 3 is 2.44 bits per heavy atom. The van der Waals surface area contributed by atoms with E-state index in [4.69, 9.17) is 0 Å². The highest BCUT2D eigenvalue weighted by atomic mass is 19.4. The number of hydrogen-bond donors (Lipinski definition) is 1. The lowest BCUT2D eigenvalue weighted by Crippen LogP contribution is -2.23. The van der Waals surface area contributed by atoms with Crippen molar-refractivity contribution in [2.24, 2.45) is 0 Å². The van der Waals surface area contributed by atoms with Crippen LogP contribution in [0.3, 0.4) is 0 Å². The Morgan fingerprint density at radius 2 is 1.94 bits per heavy atom. The molecule has 0 aliphatic heterocycles. The molecule has 1 nitrogen and oxygen atoms in total. The lowest BCUT2D eigenvalue weighted by Gasteiger charge is -2.17. The highest BCUT2D eigenvalue weighted by molar-refractivity contribution is 5.46. The lowest BCUT2D eigenvalue weighted by molar-refractivity contribution is -0.136. The van der Waals surface area contributed by atoms with Crippen LogP contribution < -0.4 is 5.32 Å². The molecule has 0 spiro atoms. The topological polar surface area (TPSA) is 12.0 Å². The highest BCUT2D eigenvalue weighted by Gasteiger charge is 2.29. The van der Waals surface area contributed by atoms with Crippen LogP contribution in [-0.4, -0.2) is 12.2 Å². The van der Waals surface area contributed by atoms with Crippen molar-refractivity contribution in [3.8, 4) is 0 Å². The first-order chi connectivity index (χ1) is 7.28. The van der Waals surface area contributed by atoms with Crippen LogP contribution in [0, 0.1) is 12.7 Å². The normalized spacial score (nSPS) is 13.6. The average Bonchev–Trinajstić information content (AvgIpc) is 2.08. The fourth-order valence-corrected chi connectivity index (χ4v) is 1.42. The van der Waals surface area contributed by atoms with Crippen molar-refractivity contribution in [1.29, 1.82) is 0 Å². The molecule has 0 aliphatic rings. The maximum absolute atomic E-state index is 12.9. The monoisotopic (exact) mass is 235 g/mol. The number of aryl methyl sites for hydroxylation is 1. The molecule has 1 rings (SSSR count). The molecular weight excluding hydrogens is 222 g/mol. The van der Waals surface area contributed by atoms with Gasteiger partial charge in [0.15, 0.2) is 0 Å². The van der Waals surface area contributed by atoms with Gasteiger partial charge in [-0.1, -0.05) is 0 Å². The highest BCUT2D eigenvalue weighted by Crippen LogP contribution is 2.23. The maximum Gasteiger partial charge on any atom is 0.391 e. The standard InChI is InChI=1S/C11H13F4N/c1-7-5-9(3-4-10(7)12)16-8(2)6-11(13,14)15/h3-5,8,16H,6H2,1-2H3. The predicted octanol–water partition coefficient (Wildman–Crippen LogP) is 3.89. The first-order valence-electron chi connectivity index (χ1n) is 4.87. The Balaban J connectivity index is 2.63. The second-order valence-electron chi connectivity index (χ2n) is 3.83. The first kappa shape index (κ1) is 12.8. The third kappa shape index (κ3) is 4.08. The van der Waals surface area contributed by atoms with Gasteiger partial charge in [-0.2, -0.15) is 13.2 Å². The molecule has 0 saturated carbocycles. The van der Waals surface area contributed by atoms with Crippen molar-refractivity contribution in [2.75, 3.05) is 5.32 Å². The number of alkyl halides is 3. The summed E-state index contributed by atoms with van der Waals surface area (Å²) in [6, 6.07) is 3.42. The summed E-state index contributed by atoms with van der Waals surface area (Å²) in [5, 5.41) is 2.68. The van der Waals surface area contributed by atoms with E-state index in [1.54, 1.807) is 6.92 Å². The number of nitrogens with one attached hydrogen (secondary N) is 1. The molecule has 5 heteroatoms. The van der Waals surface area contributed by atoms with E-state index in [1.807, 2.05) is 0 Å². The SMILES string of the molecule is Cc1cc(NC(C)CC(F)(F)F)ccc1F. The van der Waals surface area contributed by atoms with Gasteiger partial charge in [0.05, 0.1) is 6.42 Å². The number of rotatable bonds is 3. The van der Waals surface area contributed by atoms with Crippen molar-refractivity contribution >= 4 is 5.69 Å². The summed E-state index contributed by atoms with van der Waals surface area (Å²) in [6.07, 6.45) is -5.11. The molecule has 1 atom stereocenters. The molecule has 0 aromatic heterocycles.